The monoisotopic (exact) mass is 376 g/mol. The molecule has 144 valence electrons. The number of carbonyl (C=O) groups is 1. The van der Waals surface area contributed by atoms with E-state index in [4.69, 9.17) is 4.42 Å². The molecular weight excluding hydrogens is 352 g/mol. The average molecular weight is 376 g/mol. The number of aromatic nitrogens is 2. The Bertz CT molecular complexity index is 895. The Morgan fingerprint density at radius 1 is 1.07 bits per heavy atom. The van der Waals surface area contributed by atoms with Crippen LogP contribution in [-0.2, 0) is 11.2 Å². The van der Waals surface area contributed by atoms with Crippen LogP contribution in [0.25, 0.3) is 11.5 Å². The average Bonchev–Trinajstić information content (AvgIpc) is 3.42. The van der Waals surface area contributed by atoms with Crippen LogP contribution in [0, 0.1) is 5.92 Å². The van der Waals surface area contributed by atoms with Gasteiger partial charge in [-0.15, -0.1) is 10.2 Å². The van der Waals surface area contributed by atoms with E-state index in [0.717, 1.165) is 25.1 Å². The molecule has 0 radical (unpaired) electrons. The minimum absolute atomic E-state index is 0.0256. The van der Waals surface area contributed by atoms with Crippen LogP contribution >= 0.6 is 0 Å². The van der Waals surface area contributed by atoms with Crippen molar-refractivity contribution >= 4 is 11.6 Å². The quantitative estimate of drug-likeness (QED) is 0.685. The van der Waals surface area contributed by atoms with Gasteiger partial charge in [-0.05, 0) is 36.6 Å². The van der Waals surface area contributed by atoms with Crippen LogP contribution in [0.5, 0.6) is 0 Å². The second-order valence-electron chi connectivity index (χ2n) is 7.11. The number of rotatable bonds is 7. The molecule has 2 heterocycles. The molecule has 6 nitrogen and oxygen atoms in total. The highest BCUT2D eigenvalue weighted by molar-refractivity contribution is 5.76. The molecule has 1 saturated heterocycles. The molecule has 0 unspecified atom stereocenters. The molecule has 1 atom stereocenters. The van der Waals surface area contributed by atoms with Gasteiger partial charge in [0.15, 0.2) is 0 Å². The topological polar surface area (TPSA) is 71.3 Å². The fraction of sp³-hybridized carbons (Fsp3) is 0.318. The van der Waals surface area contributed by atoms with Gasteiger partial charge in [-0.1, -0.05) is 36.4 Å². The fourth-order valence-corrected chi connectivity index (χ4v) is 3.49. The van der Waals surface area contributed by atoms with Crippen LogP contribution in [0.1, 0.15) is 18.7 Å². The van der Waals surface area contributed by atoms with E-state index in [1.54, 1.807) is 0 Å². The summed E-state index contributed by atoms with van der Waals surface area (Å²) in [5.74, 6) is 1.49. The first-order chi connectivity index (χ1) is 13.8. The molecule has 1 fully saturated rings. The highest BCUT2D eigenvalue weighted by Gasteiger charge is 2.23. The molecule has 3 aromatic rings. The smallest absolute Gasteiger partial charge is 0.247 e. The van der Waals surface area contributed by atoms with E-state index in [0.29, 0.717) is 37.1 Å². The second kappa shape index (κ2) is 8.69. The van der Waals surface area contributed by atoms with Gasteiger partial charge in [0.1, 0.15) is 0 Å². The van der Waals surface area contributed by atoms with Gasteiger partial charge in [-0.2, -0.15) is 0 Å². The van der Waals surface area contributed by atoms with Gasteiger partial charge in [0.2, 0.25) is 17.7 Å². The van der Waals surface area contributed by atoms with Gasteiger partial charge in [-0.3, -0.25) is 4.79 Å². The first-order valence-electron chi connectivity index (χ1n) is 9.72. The third-order valence-electron chi connectivity index (χ3n) is 5.05. The van der Waals surface area contributed by atoms with Gasteiger partial charge >= 0.3 is 0 Å². The number of amides is 1. The number of para-hydroxylation sites is 1. The van der Waals surface area contributed by atoms with E-state index >= 15 is 0 Å². The van der Waals surface area contributed by atoms with Crippen LogP contribution in [0.15, 0.2) is 65.1 Å². The van der Waals surface area contributed by atoms with Gasteiger partial charge in [0.25, 0.3) is 0 Å². The van der Waals surface area contributed by atoms with Crippen molar-refractivity contribution in [1.82, 2.24) is 15.5 Å². The minimum Gasteiger partial charge on any atom is -0.421 e. The molecular formula is C22H24N4O2. The zero-order chi connectivity index (χ0) is 19.2. The third kappa shape index (κ3) is 4.57. The van der Waals surface area contributed by atoms with Gasteiger partial charge < -0.3 is 14.6 Å². The third-order valence-corrected chi connectivity index (χ3v) is 5.05. The van der Waals surface area contributed by atoms with Crippen LogP contribution in [-0.4, -0.2) is 35.7 Å². The lowest BCUT2D eigenvalue weighted by molar-refractivity contribution is -0.121. The lowest BCUT2D eigenvalue weighted by atomic mass is 10.1. The number of carbonyl (C=O) groups excluding carboxylic acids is 1. The van der Waals surface area contributed by atoms with Crippen molar-refractivity contribution in [2.45, 2.75) is 19.3 Å². The summed E-state index contributed by atoms with van der Waals surface area (Å²) in [4.78, 5) is 14.6. The van der Waals surface area contributed by atoms with Gasteiger partial charge in [0.05, 0.1) is 0 Å². The van der Waals surface area contributed by atoms with Crippen LogP contribution in [0.3, 0.4) is 0 Å². The molecule has 6 heteroatoms. The summed E-state index contributed by atoms with van der Waals surface area (Å²) < 4.78 is 5.65. The molecule has 2 aromatic carbocycles. The van der Waals surface area contributed by atoms with Gasteiger partial charge in [-0.25, -0.2) is 0 Å². The lowest BCUT2D eigenvalue weighted by Crippen LogP contribution is -2.31. The van der Waals surface area contributed by atoms with Crippen molar-refractivity contribution in [1.29, 1.82) is 0 Å². The summed E-state index contributed by atoms with van der Waals surface area (Å²) in [6, 6.07) is 20.1. The molecule has 0 saturated carbocycles. The Hall–Kier alpha value is -3.15. The van der Waals surface area contributed by atoms with E-state index in [-0.39, 0.29) is 5.91 Å². The summed E-state index contributed by atoms with van der Waals surface area (Å²) in [6.45, 7) is 2.73. The standard InChI is InChI=1S/C22H24N4O2/c27-20(11-12-21-24-25-22(28-21)18-7-3-1-4-8-18)23-15-17-13-14-26(16-17)19-9-5-2-6-10-19/h1-10,17H,11-16H2,(H,23,27)/t17-/m0/s1. The molecule has 1 amide bonds. The van der Waals surface area contributed by atoms with Crippen LogP contribution in [0.2, 0.25) is 0 Å². The van der Waals surface area contributed by atoms with E-state index in [2.05, 4.69) is 44.7 Å². The predicted octanol–water partition coefficient (Wildman–Crippen LogP) is 3.31. The first-order valence-corrected chi connectivity index (χ1v) is 9.72. The Morgan fingerprint density at radius 2 is 1.82 bits per heavy atom. The number of benzene rings is 2. The molecule has 1 aliphatic rings. The van der Waals surface area contributed by atoms with Crippen molar-refractivity contribution in [3.05, 3.63) is 66.6 Å². The molecule has 4 rings (SSSR count). The van der Waals surface area contributed by atoms with Crippen LogP contribution in [0.4, 0.5) is 5.69 Å². The van der Waals surface area contributed by atoms with Crippen molar-refractivity contribution in [3.63, 3.8) is 0 Å². The van der Waals surface area contributed by atoms with E-state index in [1.807, 2.05) is 36.4 Å². The summed E-state index contributed by atoms with van der Waals surface area (Å²) in [6.07, 6.45) is 1.90. The number of anilines is 1. The maximum Gasteiger partial charge on any atom is 0.247 e. The van der Waals surface area contributed by atoms with Crippen LogP contribution < -0.4 is 10.2 Å². The number of nitrogens with one attached hydrogen (secondary N) is 1. The summed E-state index contributed by atoms with van der Waals surface area (Å²) in [7, 11) is 0. The SMILES string of the molecule is O=C(CCc1nnc(-c2ccccc2)o1)NC[C@@H]1CCN(c2ccccc2)C1. The fourth-order valence-electron chi connectivity index (χ4n) is 3.49. The van der Waals surface area contributed by atoms with E-state index in [1.165, 1.54) is 5.69 Å². The molecule has 0 aliphatic carbocycles. The molecule has 0 bridgehead atoms. The lowest BCUT2D eigenvalue weighted by Gasteiger charge is -2.18. The minimum atomic E-state index is 0.0256. The highest BCUT2D eigenvalue weighted by atomic mass is 16.4. The molecule has 28 heavy (non-hydrogen) atoms. The maximum absolute atomic E-state index is 12.2. The second-order valence-corrected chi connectivity index (χ2v) is 7.11. The summed E-state index contributed by atoms with van der Waals surface area (Å²) in [5, 5.41) is 11.1. The number of nitrogens with zero attached hydrogens (tertiary/aromatic N) is 3. The van der Waals surface area contributed by atoms with Gasteiger partial charge in [0, 0.05) is 43.7 Å². The van der Waals surface area contributed by atoms with Crippen molar-refractivity contribution in [3.8, 4) is 11.5 Å². The highest BCUT2D eigenvalue weighted by Crippen LogP contribution is 2.23. The Kier molecular flexibility index (Phi) is 5.66. The van der Waals surface area contributed by atoms with E-state index in [9.17, 15) is 4.79 Å². The Morgan fingerprint density at radius 3 is 2.61 bits per heavy atom. The zero-order valence-electron chi connectivity index (χ0n) is 15.8. The normalized spacial score (nSPS) is 16.3. The zero-order valence-corrected chi connectivity index (χ0v) is 15.8. The Labute approximate surface area is 164 Å². The van der Waals surface area contributed by atoms with Crippen molar-refractivity contribution in [2.75, 3.05) is 24.5 Å². The molecule has 1 aliphatic heterocycles. The maximum atomic E-state index is 12.2. The summed E-state index contributed by atoms with van der Waals surface area (Å²) >= 11 is 0. The Balaban J connectivity index is 1.20. The van der Waals surface area contributed by atoms with E-state index < -0.39 is 0 Å². The molecule has 1 N–H and O–H groups in total. The number of aryl methyl sites for hydroxylation is 1. The van der Waals surface area contributed by atoms with Crippen molar-refractivity contribution in [2.24, 2.45) is 5.92 Å². The van der Waals surface area contributed by atoms with Crippen molar-refractivity contribution < 1.29 is 9.21 Å². The first kappa shape index (κ1) is 18.2. The predicted molar refractivity (Wildman–Crippen MR) is 108 cm³/mol. The summed E-state index contributed by atoms with van der Waals surface area (Å²) in [5.41, 5.74) is 2.14. The largest absolute Gasteiger partial charge is 0.421 e. The molecule has 1 aromatic heterocycles. The number of hydrogen-bond acceptors (Lipinski definition) is 5. The molecule has 0 spiro atoms. The number of hydrogen-bond donors (Lipinski definition) is 1.